The molecule has 0 aliphatic carbocycles. The Kier molecular flexibility index (Phi) is 11.8. The Morgan fingerprint density at radius 2 is 1.27 bits per heavy atom. The monoisotopic (exact) mass is 609 g/mol. The van der Waals surface area contributed by atoms with E-state index in [0.717, 1.165) is 0 Å². The first-order valence-corrected chi connectivity index (χ1v) is 13.6. The van der Waals surface area contributed by atoms with Gasteiger partial charge in [-0.05, 0) is 48.2 Å². The number of carbonyl (C=O) groups excluding carboxylic acids is 4. The second-order valence-electron chi connectivity index (χ2n) is 10.2. The van der Waals surface area contributed by atoms with Crippen LogP contribution in [0.25, 0.3) is 0 Å². The molecule has 0 aliphatic heterocycles. The maximum atomic E-state index is 13.4. The van der Waals surface area contributed by atoms with Crippen LogP contribution < -0.4 is 27.4 Å². The Morgan fingerprint density at radius 1 is 0.750 bits per heavy atom. The molecule has 0 fully saturated rings. The highest BCUT2D eigenvalue weighted by molar-refractivity contribution is 5.94. The molecule has 11 N–H and O–H groups in total. The average molecular weight is 610 g/mol. The highest BCUT2D eigenvalue weighted by Crippen LogP contribution is 2.13. The molecule has 1 heterocycles. The summed E-state index contributed by atoms with van der Waals surface area (Å²) in [4.78, 5) is 69.8. The van der Waals surface area contributed by atoms with E-state index in [1.165, 1.54) is 48.9 Å². The molecule has 4 atom stereocenters. The number of carboxylic acids is 1. The summed E-state index contributed by atoms with van der Waals surface area (Å²) in [5, 5.41) is 36.3. The van der Waals surface area contributed by atoms with Gasteiger partial charge in [0.1, 0.15) is 29.6 Å². The number of aromatic amines is 1. The van der Waals surface area contributed by atoms with Gasteiger partial charge < -0.3 is 47.7 Å². The summed E-state index contributed by atoms with van der Waals surface area (Å²) in [6.45, 7) is 0. The number of carboxylic acid groups (broad SMARTS) is 1. The first kappa shape index (κ1) is 33.1. The first-order chi connectivity index (χ1) is 20.9. The minimum absolute atomic E-state index is 0.0258. The fourth-order valence-corrected chi connectivity index (χ4v) is 4.25. The number of rotatable bonds is 16. The number of hydrogen-bond acceptors (Lipinski definition) is 9. The number of H-pyrrole nitrogens is 1. The Balaban J connectivity index is 1.78. The number of aromatic hydroxyl groups is 2. The van der Waals surface area contributed by atoms with Crippen molar-refractivity contribution >= 4 is 29.6 Å². The van der Waals surface area contributed by atoms with Crippen LogP contribution in [-0.2, 0) is 43.2 Å². The number of benzene rings is 2. The largest absolute Gasteiger partial charge is 0.508 e. The summed E-state index contributed by atoms with van der Waals surface area (Å²) < 4.78 is 0. The number of nitrogens with two attached hydrogens (primary N) is 2. The molecule has 15 nitrogen and oxygen atoms in total. The number of carbonyl (C=O) groups is 5. The topological polar surface area (TPSA) is 263 Å². The van der Waals surface area contributed by atoms with Crippen LogP contribution >= 0.6 is 0 Å². The van der Waals surface area contributed by atoms with E-state index in [-0.39, 0.29) is 43.6 Å². The summed E-state index contributed by atoms with van der Waals surface area (Å²) in [7, 11) is 0. The molecule has 0 spiro atoms. The minimum atomic E-state index is -1.37. The number of aromatic nitrogens is 2. The zero-order chi connectivity index (χ0) is 32.2. The van der Waals surface area contributed by atoms with Crippen LogP contribution in [0.5, 0.6) is 11.5 Å². The Morgan fingerprint density at radius 3 is 1.80 bits per heavy atom. The zero-order valence-electron chi connectivity index (χ0n) is 23.6. The predicted octanol–water partition coefficient (Wildman–Crippen LogP) is -1.02. The minimum Gasteiger partial charge on any atom is -0.508 e. The van der Waals surface area contributed by atoms with Gasteiger partial charge in [0, 0.05) is 31.2 Å². The van der Waals surface area contributed by atoms with Crippen molar-refractivity contribution < 1.29 is 39.3 Å². The fraction of sp³-hybridized carbons (Fsp3) is 0.310. The SMILES string of the molecule is NC(=O)CCC(NC(=O)C(N)Cc1ccc(O)cc1)C(=O)NC(Cc1ccc(O)cc1)C(=O)NC(Cc1cnc[nH]1)C(=O)O. The Labute approximate surface area is 252 Å². The molecule has 4 amide bonds. The van der Waals surface area contributed by atoms with Crippen LogP contribution in [0.1, 0.15) is 29.7 Å². The van der Waals surface area contributed by atoms with Crippen LogP contribution in [0.4, 0.5) is 0 Å². The van der Waals surface area contributed by atoms with Gasteiger partial charge in [0.25, 0.3) is 0 Å². The third-order valence-electron chi connectivity index (χ3n) is 6.64. The smallest absolute Gasteiger partial charge is 0.326 e. The lowest BCUT2D eigenvalue weighted by Gasteiger charge is -2.25. The lowest BCUT2D eigenvalue weighted by Crippen LogP contribution is -2.58. The average Bonchev–Trinajstić information content (AvgIpc) is 3.49. The molecule has 4 unspecified atom stereocenters. The van der Waals surface area contributed by atoms with E-state index in [1.807, 2.05) is 0 Å². The van der Waals surface area contributed by atoms with Gasteiger partial charge in [-0.25, -0.2) is 9.78 Å². The van der Waals surface area contributed by atoms with Gasteiger partial charge >= 0.3 is 5.97 Å². The first-order valence-electron chi connectivity index (χ1n) is 13.6. The van der Waals surface area contributed by atoms with E-state index in [9.17, 15) is 39.3 Å². The van der Waals surface area contributed by atoms with E-state index in [2.05, 4.69) is 25.9 Å². The van der Waals surface area contributed by atoms with Crippen LogP contribution in [0.3, 0.4) is 0 Å². The standard InChI is InChI=1S/C29H35N7O8/c30-21(11-16-1-5-19(37)6-2-16)26(40)34-22(9-10-25(31)39)27(41)35-23(12-17-3-7-20(38)8-4-17)28(42)36-24(29(43)44)13-18-14-32-15-33-18/h1-8,14-15,21-24,37-38H,9-13,30H2,(H2,31,39)(H,32,33)(H,34,40)(H,35,41)(H,36,42)(H,43,44). The van der Waals surface area contributed by atoms with Crippen LogP contribution in [-0.4, -0.2) is 79.1 Å². The van der Waals surface area contributed by atoms with Crippen molar-refractivity contribution in [1.82, 2.24) is 25.9 Å². The molecule has 0 saturated carbocycles. The molecule has 1 aromatic heterocycles. The molecule has 0 radical (unpaired) electrons. The van der Waals surface area contributed by atoms with Crippen molar-refractivity contribution in [1.29, 1.82) is 0 Å². The van der Waals surface area contributed by atoms with Gasteiger partial charge in [-0.1, -0.05) is 24.3 Å². The third kappa shape index (κ3) is 10.4. The van der Waals surface area contributed by atoms with Gasteiger partial charge in [-0.15, -0.1) is 0 Å². The molecule has 0 bridgehead atoms. The van der Waals surface area contributed by atoms with Crippen LogP contribution in [0.15, 0.2) is 61.1 Å². The summed E-state index contributed by atoms with van der Waals surface area (Å²) in [5.74, 6) is -4.42. The molecule has 15 heteroatoms. The van der Waals surface area contributed by atoms with Crippen molar-refractivity contribution in [2.75, 3.05) is 0 Å². The van der Waals surface area contributed by atoms with Crippen molar-refractivity contribution in [3.63, 3.8) is 0 Å². The number of hydrogen-bond donors (Lipinski definition) is 9. The van der Waals surface area contributed by atoms with E-state index < -0.39 is 53.8 Å². The van der Waals surface area contributed by atoms with Crippen molar-refractivity contribution in [3.05, 3.63) is 77.9 Å². The van der Waals surface area contributed by atoms with Crippen molar-refractivity contribution in [3.8, 4) is 11.5 Å². The number of phenolic OH excluding ortho intramolecular Hbond substituents is 2. The molecule has 3 rings (SSSR count). The van der Waals surface area contributed by atoms with Gasteiger partial charge in [-0.2, -0.15) is 0 Å². The number of nitrogens with zero attached hydrogens (tertiary/aromatic N) is 1. The maximum absolute atomic E-state index is 13.4. The molecule has 0 saturated heterocycles. The van der Waals surface area contributed by atoms with E-state index in [1.54, 1.807) is 12.1 Å². The molecule has 2 aromatic carbocycles. The maximum Gasteiger partial charge on any atom is 0.326 e. The Bertz CT molecular complexity index is 1430. The van der Waals surface area contributed by atoms with Crippen molar-refractivity contribution in [2.45, 2.75) is 56.3 Å². The number of aliphatic carboxylic acids is 1. The number of nitrogens with one attached hydrogen (secondary N) is 4. The van der Waals surface area contributed by atoms with Gasteiger partial charge in [0.15, 0.2) is 0 Å². The van der Waals surface area contributed by atoms with Crippen molar-refractivity contribution in [2.24, 2.45) is 11.5 Å². The van der Waals surface area contributed by atoms with Crippen LogP contribution in [0, 0.1) is 0 Å². The normalized spacial score (nSPS) is 13.6. The number of phenols is 2. The lowest BCUT2D eigenvalue weighted by atomic mass is 10.0. The highest BCUT2D eigenvalue weighted by atomic mass is 16.4. The fourth-order valence-electron chi connectivity index (χ4n) is 4.25. The quantitative estimate of drug-likeness (QED) is 0.0954. The Hall–Kier alpha value is -5.44. The number of primary amides is 1. The van der Waals surface area contributed by atoms with Gasteiger partial charge in [0.2, 0.25) is 23.6 Å². The highest BCUT2D eigenvalue weighted by Gasteiger charge is 2.31. The molecule has 3 aromatic rings. The van der Waals surface area contributed by atoms with E-state index in [4.69, 9.17) is 11.5 Å². The second kappa shape index (κ2) is 15.7. The molecule has 0 aliphatic rings. The molecule has 234 valence electrons. The number of imidazole rings is 1. The zero-order valence-corrected chi connectivity index (χ0v) is 23.6. The summed E-state index contributed by atoms with van der Waals surface area (Å²) in [6.07, 6.45) is 2.16. The summed E-state index contributed by atoms with van der Waals surface area (Å²) in [5.41, 5.74) is 13.0. The van der Waals surface area contributed by atoms with E-state index >= 15 is 0 Å². The summed E-state index contributed by atoms with van der Waals surface area (Å²) >= 11 is 0. The molecular formula is C29H35N7O8. The molecule has 44 heavy (non-hydrogen) atoms. The summed E-state index contributed by atoms with van der Waals surface area (Å²) in [6, 6.07) is 6.75. The predicted molar refractivity (Wildman–Crippen MR) is 156 cm³/mol. The lowest BCUT2D eigenvalue weighted by molar-refractivity contribution is -0.142. The van der Waals surface area contributed by atoms with Gasteiger partial charge in [-0.3, -0.25) is 19.2 Å². The second-order valence-corrected chi connectivity index (χ2v) is 10.2. The third-order valence-corrected chi connectivity index (χ3v) is 6.64. The van der Waals surface area contributed by atoms with E-state index in [0.29, 0.717) is 16.8 Å². The van der Waals surface area contributed by atoms with Crippen LogP contribution in [0.2, 0.25) is 0 Å². The van der Waals surface area contributed by atoms with Gasteiger partial charge in [0.05, 0.1) is 12.4 Å². The molecular weight excluding hydrogens is 574 g/mol. The number of amides is 4.